The highest BCUT2D eigenvalue weighted by Gasteiger charge is 2.44. The number of anilines is 1. The van der Waals surface area contributed by atoms with Crippen molar-refractivity contribution in [2.75, 3.05) is 25.3 Å². The summed E-state index contributed by atoms with van der Waals surface area (Å²) in [6, 6.07) is 13.9. The van der Waals surface area contributed by atoms with Gasteiger partial charge in [0.1, 0.15) is 5.92 Å². The molecule has 1 aliphatic rings. The van der Waals surface area contributed by atoms with Gasteiger partial charge in [-0.25, -0.2) is 4.79 Å². The SMILES string of the molecule is COC(=O)c1ccc([C@H]2C(C#N)=C(SCC(=O)Nc3cc(C)ccc3C)NC(=O)[C@H]2C(=O)OC)cc1. The molecule has 0 radical (unpaired) electrons. The number of nitriles is 1. The van der Waals surface area contributed by atoms with E-state index in [2.05, 4.69) is 16.7 Å². The maximum absolute atomic E-state index is 12.9. The van der Waals surface area contributed by atoms with Crippen LogP contribution in [0.4, 0.5) is 5.69 Å². The first kappa shape index (κ1) is 26.5. The molecule has 0 aromatic heterocycles. The first-order valence-electron chi connectivity index (χ1n) is 10.9. The molecule has 0 unspecified atom stereocenters. The largest absolute Gasteiger partial charge is 0.468 e. The van der Waals surface area contributed by atoms with E-state index < -0.39 is 29.7 Å². The second-order valence-corrected chi connectivity index (χ2v) is 9.08. The Hall–Kier alpha value is -4.10. The maximum Gasteiger partial charge on any atom is 0.337 e. The average Bonchev–Trinajstić information content (AvgIpc) is 2.88. The summed E-state index contributed by atoms with van der Waals surface area (Å²) >= 11 is 0.990. The standard InChI is InChI=1S/C26H25N3O6S/c1-14-5-6-15(2)19(11-14)28-20(30)13-36-24-18(12-27)21(22(23(31)29-24)26(33)35-4)16-7-9-17(10-8-16)25(32)34-3/h5-11,21-22H,13H2,1-4H3,(H,28,30)(H,29,31)/t21-,22-/m0/s1. The molecule has 36 heavy (non-hydrogen) atoms. The van der Waals surface area contributed by atoms with Gasteiger partial charge >= 0.3 is 11.9 Å². The summed E-state index contributed by atoms with van der Waals surface area (Å²) in [5, 5.41) is 15.6. The number of hydrogen-bond donors (Lipinski definition) is 2. The minimum atomic E-state index is -1.32. The van der Waals surface area contributed by atoms with Crippen molar-refractivity contribution < 1.29 is 28.7 Å². The van der Waals surface area contributed by atoms with Crippen LogP contribution in [0.5, 0.6) is 0 Å². The Morgan fingerprint density at radius 3 is 2.39 bits per heavy atom. The van der Waals surface area contributed by atoms with Crippen molar-refractivity contribution in [1.82, 2.24) is 5.32 Å². The molecule has 2 amide bonds. The molecule has 10 heteroatoms. The molecule has 2 N–H and O–H groups in total. The molecule has 0 saturated carbocycles. The number of benzene rings is 2. The number of rotatable bonds is 7. The predicted molar refractivity (Wildman–Crippen MR) is 134 cm³/mol. The summed E-state index contributed by atoms with van der Waals surface area (Å²) in [6.45, 7) is 3.80. The van der Waals surface area contributed by atoms with Crippen LogP contribution in [-0.4, -0.2) is 43.7 Å². The predicted octanol–water partition coefficient (Wildman–Crippen LogP) is 3.20. The van der Waals surface area contributed by atoms with Gasteiger partial charge in [-0.1, -0.05) is 36.0 Å². The first-order chi connectivity index (χ1) is 17.2. The third-order valence-electron chi connectivity index (χ3n) is 5.69. The number of aryl methyl sites for hydroxylation is 2. The van der Waals surface area contributed by atoms with Crippen LogP contribution in [0, 0.1) is 31.1 Å². The number of nitrogens with zero attached hydrogens (tertiary/aromatic N) is 1. The van der Waals surface area contributed by atoms with Crippen LogP contribution in [0.25, 0.3) is 0 Å². The van der Waals surface area contributed by atoms with Gasteiger partial charge in [0.2, 0.25) is 11.8 Å². The lowest BCUT2D eigenvalue weighted by Crippen LogP contribution is -2.44. The second kappa shape index (κ2) is 11.6. The number of hydrogen-bond acceptors (Lipinski definition) is 8. The lowest BCUT2D eigenvalue weighted by atomic mass is 9.78. The first-order valence-corrected chi connectivity index (χ1v) is 11.9. The Morgan fingerprint density at radius 2 is 1.78 bits per heavy atom. The van der Waals surface area contributed by atoms with E-state index in [1.54, 1.807) is 12.1 Å². The van der Waals surface area contributed by atoms with Crippen LogP contribution in [0.3, 0.4) is 0 Å². The number of nitrogens with one attached hydrogen (secondary N) is 2. The number of amides is 2. The summed E-state index contributed by atoms with van der Waals surface area (Å²) in [6.07, 6.45) is 0. The third-order valence-corrected chi connectivity index (χ3v) is 6.71. The minimum Gasteiger partial charge on any atom is -0.468 e. The van der Waals surface area contributed by atoms with Gasteiger partial charge in [0.25, 0.3) is 0 Å². The van der Waals surface area contributed by atoms with Crippen LogP contribution in [-0.2, 0) is 23.9 Å². The van der Waals surface area contributed by atoms with Gasteiger partial charge < -0.3 is 20.1 Å². The van der Waals surface area contributed by atoms with E-state index in [9.17, 15) is 24.4 Å². The molecule has 186 valence electrons. The topological polar surface area (TPSA) is 135 Å². The molecular weight excluding hydrogens is 482 g/mol. The van der Waals surface area contributed by atoms with Gasteiger partial charge in [-0.3, -0.25) is 14.4 Å². The Kier molecular flexibility index (Phi) is 8.51. The number of esters is 2. The molecule has 0 aliphatic carbocycles. The van der Waals surface area contributed by atoms with Gasteiger partial charge in [-0.15, -0.1) is 0 Å². The summed E-state index contributed by atoms with van der Waals surface area (Å²) in [7, 11) is 2.41. The van der Waals surface area contributed by atoms with E-state index in [-0.39, 0.29) is 27.8 Å². The number of methoxy groups -OCH3 is 2. The Morgan fingerprint density at radius 1 is 1.08 bits per heavy atom. The lowest BCUT2D eigenvalue weighted by Gasteiger charge is -2.31. The highest BCUT2D eigenvalue weighted by Crippen LogP contribution is 2.40. The fourth-order valence-electron chi connectivity index (χ4n) is 3.82. The van der Waals surface area contributed by atoms with Crippen molar-refractivity contribution in [2.45, 2.75) is 19.8 Å². The molecule has 1 aliphatic heterocycles. The number of carbonyl (C=O) groups excluding carboxylic acids is 4. The molecule has 3 rings (SSSR count). The van der Waals surface area contributed by atoms with E-state index in [0.29, 0.717) is 11.3 Å². The van der Waals surface area contributed by atoms with Crippen LogP contribution in [0.15, 0.2) is 53.1 Å². The van der Waals surface area contributed by atoms with Crippen molar-refractivity contribution in [2.24, 2.45) is 5.92 Å². The smallest absolute Gasteiger partial charge is 0.337 e. The lowest BCUT2D eigenvalue weighted by molar-refractivity contribution is -0.150. The average molecular weight is 508 g/mol. The molecule has 0 spiro atoms. The number of carbonyl (C=O) groups is 4. The normalized spacial score (nSPS) is 17.0. The van der Waals surface area contributed by atoms with E-state index in [0.717, 1.165) is 30.0 Å². The van der Waals surface area contributed by atoms with Gasteiger partial charge in [0.15, 0.2) is 0 Å². The zero-order valence-corrected chi connectivity index (χ0v) is 21.0. The van der Waals surface area contributed by atoms with Crippen molar-refractivity contribution >= 4 is 41.2 Å². The van der Waals surface area contributed by atoms with Crippen molar-refractivity contribution in [1.29, 1.82) is 5.26 Å². The van der Waals surface area contributed by atoms with E-state index in [1.165, 1.54) is 19.2 Å². The quantitative estimate of drug-likeness (QED) is 0.431. The summed E-state index contributed by atoms with van der Waals surface area (Å²) in [5.74, 6) is -4.68. The second-order valence-electron chi connectivity index (χ2n) is 8.09. The molecule has 0 saturated heterocycles. The molecule has 2 aromatic carbocycles. The van der Waals surface area contributed by atoms with Crippen LogP contribution < -0.4 is 10.6 Å². The van der Waals surface area contributed by atoms with Gasteiger partial charge in [-0.05, 0) is 48.7 Å². The van der Waals surface area contributed by atoms with Gasteiger partial charge in [-0.2, -0.15) is 5.26 Å². The highest BCUT2D eigenvalue weighted by atomic mass is 32.2. The summed E-state index contributed by atoms with van der Waals surface area (Å²) < 4.78 is 9.53. The summed E-state index contributed by atoms with van der Waals surface area (Å²) in [4.78, 5) is 49.9. The Labute approximate surface area is 212 Å². The fourth-order valence-corrected chi connectivity index (χ4v) is 4.67. The molecule has 1 heterocycles. The monoisotopic (exact) mass is 507 g/mol. The van der Waals surface area contributed by atoms with Gasteiger partial charge in [0.05, 0.1) is 42.2 Å². The third kappa shape index (κ3) is 5.75. The van der Waals surface area contributed by atoms with Crippen LogP contribution in [0.2, 0.25) is 0 Å². The molecule has 0 fully saturated rings. The Bertz CT molecular complexity index is 1280. The zero-order valence-electron chi connectivity index (χ0n) is 20.2. The van der Waals surface area contributed by atoms with E-state index in [4.69, 9.17) is 9.47 Å². The highest BCUT2D eigenvalue weighted by molar-refractivity contribution is 8.03. The maximum atomic E-state index is 12.9. The van der Waals surface area contributed by atoms with Gasteiger partial charge in [0, 0.05) is 11.6 Å². The molecule has 2 atom stereocenters. The zero-order chi connectivity index (χ0) is 26.4. The molecule has 2 aromatic rings. The van der Waals surface area contributed by atoms with Crippen molar-refractivity contribution in [3.63, 3.8) is 0 Å². The molecule has 0 bridgehead atoms. The molecular formula is C26H25N3O6S. The van der Waals surface area contributed by atoms with Crippen LogP contribution in [0.1, 0.15) is 33.0 Å². The minimum absolute atomic E-state index is 0.0783. The van der Waals surface area contributed by atoms with Crippen molar-refractivity contribution in [3.8, 4) is 6.07 Å². The number of ether oxygens (including phenoxy) is 2. The van der Waals surface area contributed by atoms with Crippen molar-refractivity contribution in [3.05, 3.63) is 75.3 Å². The molecule has 9 nitrogen and oxygen atoms in total. The summed E-state index contributed by atoms with van der Waals surface area (Å²) in [5.41, 5.74) is 3.42. The number of thioether (sulfide) groups is 1. The Balaban J connectivity index is 1.91. The van der Waals surface area contributed by atoms with Crippen LogP contribution >= 0.6 is 11.8 Å². The fraction of sp³-hybridized carbons (Fsp3) is 0.269. The van der Waals surface area contributed by atoms with E-state index >= 15 is 0 Å². The number of allylic oxidation sites excluding steroid dienone is 1. The van der Waals surface area contributed by atoms with E-state index in [1.807, 2.05) is 32.0 Å².